The summed E-state index contributed by atoms with van der Waals surface area (Å²) in [6.07, 6.45) is 2.64. The van der Waals surface area contributed by atoms with E-state index in [0.717, 1.165) is 18.6 Å². The van der Waals surface area contributed by atoms with E-state index >= 15 is 0 Å². The SMILES string of the molecule is CCC(CCC(C)=O)c1ccc(OCc2ccccc2)cc1C. The minimum Gasteiger partial charge on any atom is -0.489 e. The van der Waals surface area contributed by atoms with Gasteiger partial charge in [0.15, 0.2) is 0 Å². The van der Waals surface area contributed by atoms with E-state index in [1.807, 2.05) is 24.3 Å². The second-order valence-electron chi connectivity index (χ2n) is 6.14. The molecule has 0 radical (unpaired) electrons. The van der Waals surface area contributed by atoms with Gasteiger partial charge >= 0.3 is 0 Å². The van der Waals surface area contributed by atoms with Crippen molar-refractivity contribution >= 4 is 5.78 Å². The van der Waals surface area contributed by atoms with E-state index in [4.69, 9.17) is 4.74 Å². The summed E-state index contributed by atoms with van der Waals surface area (Å²) in [7, 11) is 0. The highest BCUT2D eigenvalue weighted by atomic mass is 16.5. The van der Waals surface area contributed by atoms with Crippen molar-refractivity contribution in [1.29, 1.82) is 0 Å². The van der Waals surface area contributed by atoms with E-state index in [2.05, 4.69) is 38.1 Å². The van der Waals surface area contributed by atoms with Crippen LogP contribution in [-0.4, -0.2) is 5.78 Å². The molecule has 122 valence electrons. The van der Waals surface area contributed by atoms with Crippen molar-refractivity contribution in [3.05, 3.63) is 65.2 Å². The number of ether oxygens (including phenoxy) is 1. The molecule has 0 amide bonds. The van der Waals surface area contributed by atoms with Gasteiger partial charge < -0.3 is 9.53 Å². The molecule has 0 fully saturated rings. The van der Waals surface area contributed by atoms with Crippen molar-refractivity contribution < 1.29 is 9.53 Å². The number of rotatable bonds is 8. The molecule has 2 heteroatoms. The normalized spacial score (nSPS) is 12.0. The molecule has 2 nitrogen and oxygen atoms in total. The number of aryl methyl sites for hydroxylation is 1. The first-order valence-corrected chi connectivity index (χ1v) is 8.37. The van der Waals surface area contributed by atoms with Crippen LogP contribution >= 0.6 is 0 Å². The summed E-state index contributed by atoms with van der Waals surface area (Å²) in [6, 6.07) is 16.5. The molecule has 0 saturated heterocycles. The largest absolute Gasteiger partial charge is 0.489 e. The Kier molecular flexibility index (Phi) is 6.40. The minimum absolute atomic E-state index is 0.268. The van der Waals surface area contributed by atoms with E-state index in [0.29, 0.717) is 18.9 Å². The zero-order valence-electron chi connectivity index (χ0n) is 14.3. The smallest absolute Gasteiger partial charge is 0.129 e. The predicted molar refractivity (Wildman–Crippen MR) is 94.9 cm³/mol. The van der Waals surface area contributed by atoms with Crippen LogP contribution in [-0.2, 0) is 11.4 Å². The van der Waals surface area contributed by atoms with Gasteiger partial charge in [0.2, 0.25) is 0 Å². The Bertz CT molecular complexity index is 632. The van der Waals surface area contributed by atoms with Crippen molar-refractivity contribution in [3.63, 3.8) is 0 Å². The molecule has 0 heterocycles. The molecule has 0 N–H and O–H groups in total. The number of Topliss-reactive ketones (excluding diaryl/α,β-unsaturated/α-hetero) is 1. The van der Waals surface area contributed by atoms with Crippen LogP contribution < -0.4 is 4.74 Å². The first-order valence-electron chi connectivity index (χ1n) is 8.37. The molecule has 0 saturated carbocycles. The summed E-state index contributed by atoms with van der Waals surface area (Å²) in [5.41, 5.74) is 3.74. The molecule has 1 unspecified atom stereocenters. The Morgan fingerprint density at radius 1 is 1.13 bits per heavy atom. The lowest BCUT2D eigenvalue weighted by atomic mass is 9.88. The molecule has 0 aliphatic carbocycles. The van der Waals surface area contributed by atoms with Crippen LogP contribution in [0.4, 0.5) is 0 Å². The van der Waals surface area contributed by atoms with Gasteiger partial charge in [-0.25, -0.2) is 0 Å². The fourth-order valence-corrected chi connectivity index (χ4v) is 2.89. The number of ketones is 1. The zero-order chi connectivity index (χ0) is 16.7. The molecule has 0 aliphatic heterocycles. The number of hydrogen-bond acceptors (Lipinski definition) is 2. The van der Waals surface area contributed by atoms with Gasteiger partial charge in [0, 0.05) is 6.42 Å². The van der Waals surface area contributed by atoms with Crippen molar-refractivity contribution in [3.8, 4) is 5.75 Å². The van der Waals surface area contributed by atoms with Crippen LogP contribution in [0, 0.1) is 6.92 Å². The van der Waals surface area contributed by atoms with Gasteiger partial charge in [-0.15, -0.1) is 0 Å². The molecule has 23 heavy (non-hydrogen) atoms. The van der Waals surface area contributed by atoms with Gasteiger partial charge in [0.05, 0.1) is 0 Å². The molecule has 1 atom stereocenters. The third-order valence-electron chi connectivity index (χ3n) is 4.27. The van der Waals surface area contributed by atoms with E-state index in [9.17, 15) is 4.79 Å². The molecular weight excluding hydrogens is 284 g/mol. The summed E-state index contributed by atoms with van der Waals surface area (Å²) in [6.45, 7) is 6.56. The molecule has 2 aromatic rings. The van der Waals surface area contributed by atoms with E-state index in [-0.39, 0.29) is 5.78 Å². The van der Waals surface area contributed by atoms with Gasteiger partial charge in [0.1, 0.15) is 18.1 Å². The summed E-state index contributed by atoms with van der Waals surface area (Å²) < 4.78 is 5.89. The summed E-state index contributed by atoms with van der Waals surface area (Å²) in [4.78, 5) is 11.2. The average molecular weight is 310 g/mol. The lowest BCUT2D eigenvalue weighted by Gasteiger charge is -2.18. The fourth-order valence-electron chi connectivity index (χ4n) is 2.89. The zero-order valence-corrected chi connectivity index (χ0v) is 14.3. The number of benzene rings is 2. The van der Waals surface area contributed by atoms with Crippen molar-refractivity contribution in [2.75, 3.05) is 0 Å². The Morgan fingerprint density at radius 3 is 2.48 bits per heavy atom. The highest BCUT2D eigenvalue weighted by molar-refractivity contribution is 5.75. The van der Waals surface area contributed by atoms with Gasteiger partial charge in [-0.1, -0.05) is 43.3 Å². The minimum atomic E-state index is 0.268. The van der Waals surface area contributed by atoms with Crippen LogP contribution in [0.1, 0.15) is 55.7 Å². The van der Waals surface area contributed by atoms with Gasteiger partial charge in [-0.05, 0) is 61.4 Å². The maximum atomic E-state index is 11.2. The molecule has 0 aliphatic rings. The Hall–Kier alpha value is -2.09. The molecule has 0 spiro atoms. The maximum Gasteiger partial charge on any atom is 0.129 e. The van der Waals surface area contributed by atoms with Crippen LogP contribution in [0.15, 0.2) is 48.5 Å². The maximum absolute atomic E-state index is 11.2. The summed E-state index contributed by atoms with van der Waals surface area (Å²) >= 11 is 0. The van der Waals surface area contributed by atoms with E-state index in [1.54, 1.807) is 6.92 Å². The number of carbonyl (C=O) groups excluding carboxylic acids is 1. The third kappa shape index (κ3) is 5.24. The molecule has 0 aromatic heterocycles. The molecular formula is C21H26O2. The topological polar surface area (TPSA) is 26.3 Å². The van der Waals surface area contributed by atoms with E-state index < -0.39 is 0 Å². The number of hydrogen-bond donors (Lipinski definition) is 0. The predicted octanol–water partition coefficient (Wildman–Crippen LogP) is 5.44. The van der Waals surface area contributed by atoms with Crippen molar-refractivity contribution in [2.24, 2.45) is 0 Å². The standard InChI is InChI=1S/C21H26O2/c1-4-19(11-10-17(3)22)21-13-12-20(14-16(21)2)23-15-18-8-6-5-7-9-18/h5-9,12-14,19H,4,10-11,15H2,1-3H3. The lowest BCUT2D eigenvalue weighted by Crippen LogP contribution is -2.03. The van der Waals surface area contributed by atoms with Crippen molar-refractivity contribution in [1.82, 2.24) is 0 Å². The van der Waals surface area contributed by atoms with Gasteiger partial charge in [0.25, 0.3) is 0 Å². The van der Waals surface area contributed by atoms with Crippen LogP contribution in [0.25, 0.3) is 0 Å². The lowest BCUT2D eigenvalue weighted by molar-refractivity contribution is -0.117. The quantitative estimate of drug-likeness (QED) is 0.649. The van der Waals surface area contributed by atoms with Crippen LogP contribution in [0.2, 0.25) is 0 Å². The second-order valence-corrected chi connectivity index (χ2v) is 6.14. The second kappa shape index (κ2) is 8.52. The number of carbonyl (C=O) groups is 1. The Balaban J connectivity index is 2.03. The molecule has 2 rings (SSSR count). The summed E-state index contributed by atoms with van der Waals surface area (Å²) in [5.74, 6) is 1.61. The van der Waals surface area contributed by atoms with Crippen LogP contribution in [0.5, 0.6) is 5.75 Å². The highest BCUT2D eigenvalue weighted by Gasteiger charge is 2.13. The van der Waals surface area contributed by atoms with Crippen LogP contribution in [0.3, 0.4) is 0 Å². The van der Waals surface area contributed by atoms with Gasteiger partial charge in [-0.2, -0.15) is 0 Å². The Labute approximate surface area is 139 Å². The first-order chi connectivity index (χ1) is 11.1. The average Bonchev–Trinajstić information content (AvgIpc) is 2.55. The monoisotopic (exact) mass is 310 g/mol. The van der Waals surface area contributed by atoms with Gasteiger partial charge in [-0.3, -0.25) is 0 Å². The van der Waals surface area contributed by atoms with Crippen molar-refractivity contribution in [2.45, 2.75) is 52.6 Å². The Morgan fingerprint density at radius 2 is 1.87 bits per heavy atom. The third-order valence-corrected chi connectivity index (χ3v) is 4.27. The molecule has 2 aromatic carbocycles. The fraction of sp³-hybridized carbons (Fsp3) is 0.381. The van der Waals surface area contributed by atoms with E-state index in [1.165, 1.54) is 16.7 Å². The first kappa shape index (κ1) is 17.3. The summed E-state index contributed by atoms with van der Waals surface area (Å²) in [5, 5.41) is 0. The highest BCUT2D eigenvalue weighted by Crippen LogP contribution is 2.30. The molecule has 0 bridgehead atoms.